The molecule has 2 N–H and O–H groups in total. The number of fused-ring (bicyclic) bond motifs is 1. The zero-order chi connectivity index (χ0) is 19.2. The first-order chi connectivity index (χ1) is 13.1. The van der Waals surface area contributed by atoms with E-state index in [4.69, 9.17) is 11.6 Å². The van der Waals surface area contributed by atoms with Crippen molar-refractivity contribution >= 4 is 45.7 Å². The molecule has 9 heteroatoms. The van der Waals surface area contributed by atoms with Crippen LogP contribution in [0.1, 0.15) is 5.56 Å². The number of nitroso groups, excluding NO2 is 1. The Labute approximate surface area is 160 Å². The molecule has 27 heavy (non-hydrogen) atoms. The van der Waals surface area contributed by atoms with Crippen molar-refractivity contribution in [3.8, 4) is 0 Å². The van der Waals surface area contributed by atoms with Crippen molar-refractivity contribution in [1.82, 2.24) is 15.0 Å². The summed E-state index contributed by atoms with van der Waals surface area (Å²) in [6.07, 6.45) is 1.47. The molecule has 0 radical (unpaired) electrons. The molecule has 3 rings (SSSR count). The van der Waals surface area contributed by atoms with Gasteiger partial charge in [-0.1, -0.05) is 12.1 Å². The number of rotatable bonds is 6. The standard InChI is InChI=1S/C18H17ClN6O2/c1-12-3-2-4-13(9-12)22-17-15-10-14(5-6-16(15)20-11-21-17)23-18(26)25(24-27)8-7-19/h2-6,9-11H,7-8H2,1H3,(H,23,26)(H,20,21,22). The number of nitrogens with zero attached hydrogens (tertiary/aromatic N) is 4. The van der Waals surface area contributed by atoms with Gasteiger partial charge in [0.05, 0.1) is 17.3 Å². The summed E-state index contributed by atoms with van der Waals surface area (Å²) < 4.78 is 0. The normalized spacial score (nSPS) is 10.4. The number of nitrogens with one attached hydrogen (secondary N) is 2. The molecule has 0 bridgehead atoms. The second-order valence-corrected chi connectivity index (χ2v) is 6.15. The third-order valence-corrected chi connectivity index (χ3v) is 3.97. The minimum absolute atomic E-state index is 0.0216. The van der Waals surface area contributed by atoms with Crippen LogP contribution in [0.5, 0.6) is 0 Å². The molecule has 0 saturated carbocycles. The molecule has 0 spiro atoms. The number of carbonyl (C=O) groups is 1. The molecule has 8 nitrogen and oxygen atoms in total. The molecule has 3 aromatic rings. The van der Waals surface area contributed by atoms with Crippen LogP contribution in [-0.2, 0) is 0 Å². The maximum absolute atomic E-state index is 12.1. The molecular formula is C18H17ClN6O2. The van der Waals surface area contributed by atoms with Crippen LogP contribution < -0.4 is 10.6 Å². The molecule has 1 aromatic heterocycles. The van der Waals surface area contributed by atoms with Crippen LogP contribution in [0.25, 0.3) is 10.9 Å². The highest BCUT2D eigenvalue weighted by atomic mass is 35.5. The molecule has 0 fully saturated rings. The summed E-state index contributed by atoms with van der Waals surface area (Å²) in [6, 6.07) is 12.4. The van der Waals surface area contributed by atoms with Crippen LogP contribution in [0.2, 0.25) is 0 Å². The first-order valence-electron chi connectivity index (χ1n) is 8.17. The third-order valence-electron chi connectivity index (χ3n) is 3.80. The Hall–Kier alpha value is -3.26. The van der Waals surface area contributed by atoms with Gasteiger partial charge in [-0.05, 0) is 42.8 Å². The van der Waals surface area contributed by atoms with Gasteiger partial charge in [0.25, 0.3) is 0 Å². The summed E-state index contributed by atoms with van der Waals surface area (Å²) in [7, 11) is 0. The summed E-state index contributed by atoms with van der Waals surface area (Å²) in [5.74, 6) is 0.711. The number of benzene rings is 2. The minimum Gasteiger partial charge on any atom is -0.340 e. The maximum atomic E-state index is 12.1. The van der Waals surface area contributed by atoms with Crippen molar-refractivity contribution < 1.29 is 4.79 Å². The smallest absolute Gasteiger partial charge is 0.340 e. The molecule has 2 aromatic carbocycles. The van der Waals surface area contributed by atoms with Crippen molar-refractivity contribution in [1.29, 1.82) is 0 Å². The lowest BCUT2D eigenvalue weighted by atomic mass is 10.2. The van der Waals surface area contributed by atoms with E-state index in [0.29, 0.717) is 17.0 Å². The van der Waals surface area contributed by atoms with Gasteiger partial charge in [-0.3, -0.25) is 0 Å². The molecular weight excluding hydrogens is 368 g/mol. The third kappa shape index (κ3) is 4.48. The van der Waals surface area contributed by atoms with Gasteiger partial charge in [-0.2, -0.15) is 5.01 Å². The van der Waals surface area contributed by atoms with E-state index >= 15 is 0 Å². The Morgan fingerprint density at radius 1 is 1.19 bits per heavy atom. The number of anilines is 3. The number of hydrogen-bond donors (Lipinski definition) is 2. The topological polar surface area (TPSA) is 99.6 Å². The van der Waals surface area contributed by atoms with Gasteiger partial charge >= 0.3 is 6.03 Å². The van der Waals surface area contributed by atoms with Crippen molar-refractivity contribution in [3.05, 3.63) is 59.3 Å². The van der Waals surface area contributed by atoms with Crippen molar-refractivity contribution in [3.63, 3.8) is 0 Å². The Balaban J connectivity index is 1.89. The van der Waals surface area contributed by atoms with Crippen LogP contribution >= 0.6 is 11.6 Å². The summed E-state index contributed by atoms with van der Waals surface area (Å²) in [5, 5.41) is 10.0. The molecule has 0 unspecified atom stereocenters. The number of alkyl halides is 1. The number of urea groups is 1. The first kappa shape index (κ1) is 18.5. The number of aromatic nitrogens is 2. The van der Waals surface area contributed by atoms with Crippen LogP contribution in [0, 0.1) is 11.8 Å². The van der Waals surface area contributed by atoms with Gasteiger partial charge in [0, 0.05) is 22.6 Å². The summed E-state index contributed by atoms with van der Waals surface area (Å²) >= 11 is 5.56. The fourth-order valence-corrected chi connectivity index (χ4v) is 2.70. The first-order valence-corrected chi connectivity index (χ1v) is 8.70. The van der Waals surface area contributed by atoms with Crippen molar-refractivity contribution in [2.24, 2.45) is 5.29 Å². The lowest BCUT2D eigenvalue weighted by Crippen LogP contribution is -2.31. The Kier molecular flexibility index (Phi) is 5.77. The summed E-state index contributed by atoms with van der Waals surface area (Å²) in [6.45, 7) is 2.03. The highest BCUT2D eigenvalue weighted by Crippen LogP contribution is 2.26. The van der Waals surface area contributed by atoms with E-state index < -0.39 is 6.03 Å². The van der Waals surface area contributed by atoms with E-state index in [2.05, 4.69) is 25.9 Å². The summed E-state index contributed by atoms with van der Waals surface area (Å²) in [4.78, 5) is 31.4. The number of halogens is 1. The van der Waals surface area contributed by atoms with Crippen molar-refractivity contribution in [2.75, 3.05) is 23.1 Å². The molecule has 0 aliphatic rings. The zero-order valence-electron chi connectivity index (χ0n) is 14.5. The van der Waals surface area contributed by atoms with Crippen LogP contribution in [0.3, 0.4) is 0 Å². The number of amides is 2. The molecule has 0 aliphatic heterocycles. The van der Waals surface area contributed by atoms with E-state index in [1.807, 2.05) is 31.2 Å². The van der Waals surface area contributed by atoms with Crippen LogP contribution in [0.15, 0.2) is 54.1 Å². The summed E-state index contributed by atoms with van der Waals surface area (Å²) in [5.41, 5.74) is 3.21. The van der Waals surface area contributed by atoms with Crippen LogP contribution in [0.4, 0.5) is 22.0 Å². The van der Waals surface area contributed by atoms with Gasteiger partial charge in [0.2, 0.25) is 0 Å². The highest BCUT2D eigenvalue weighted by molar-refractivity contribution is 6.18. The van der Waals surface area contributed by atoms with Gasteiger partial charge in [-0.15, -0.1) is 16.5 Å². The van der Waals surface area contributed by atoms with Gasteiger partial charge < -0.3 is 10.6 Å². The van der Waals surface area contributed by atoms with E-state index in [1.165, 1.54) is 6.33 Å². The van der Waals surface area contributed by atoms with E-state index in [0.717, 1.165) is 21.6 Å². The Morgan fingerprint density at radius 2 is 2.04 bits per heavy atom. The Bertz CT molecular complexity index is 981. The largest absolute Gasteiger partial charge is 0.344 e. The lowest BCUT2D eigenvalue weighted by Gasteiger charge is -2.14. The Morgan fingerprint density at radius 3 is 2.78 bits per heavy atom. The van der Waals surface area contributed by atoms with Gasteiger partial charge in [0.1, 0.15) is 12.1 Å². The molecule has 0 atom stereocenters. The van der Waals surface area contributed by atoms with E-state index in [1.54, 1.807) is 18.2 Å². The fourth-order valence-electron chi connectivity index (χ4n) is 2.54. The zero-order valence-corrected chi connectivity index (χ0v) is 15.3. The molecule has 1 heterocycles. The number of hydrogen-bond acceptors (Lipinski definition) is 6. The van der Waals surface area contributed by atoms with Crippen LogP contribution in [-0.4, -0.2) is 33.4 Å². The fraction of sp³-hybridized carbons (Fsp3) is 0.167. The van der Waals surface area contributed by atoms with E-state index in [-0.39, 0.29) is 12.4 Å². The predicted molar refractivity (Wildman–Crippen MR) is 106 cm³/mol. The van der Waals surface area contributed by atoms with Crippen molar-refractivity contribution in [2.45, 2.75) is 6.92 Å². The second-order valence-electron chi connectivity index (χ2n) is 5.77. The predicted octanol–water partition coefficient (Wildman–Crippen LogP) is 4.44. The highest BCUT2D eigenvalue weighted by Gasteiger charge is 2.14. The molecule has 0 saturated heterocycles. The average molecular weight is 385 g/mol. The average Bonchev–Trinajstić information content (AvgIpc) is 2.66. The SMILES string of the molecule is Cc1cccc(Nc2ncnc3ccc(NC(=O)N(CCCl)N=O)cc23)c1. The number of carbonyl (C=O) groups excluding carboxylic acids is 1. The maximum Gasteiger partial charge on any atom is 0.344 e. The minimum atomic E-state index is -0.657. The lowest BCUT2D eigenvalue weighted by molar-refractivity contribution is 0.216. The monoisotopic (exact) mass is 384 g/mol. The number of aryl methyl sites for hydroxylation is 1. The molecule has 2 amide bonds. The molecule has 138 valence electrons. The van der Waals surface area contributed by atoms with Gasteiger partial charge in [-0.25, -0.2) is 14.8 Å². The van der Waals surface area contributed by atoms with E-state index in [9.17, 15) is 9.70 Å². The quantitative estimate of drug-likeness (QED) is 0.372. The van der Waals surface area contributed by atoms with Gasteiger partial charge in [0.15, 0.2) is 0 Å². The molecule has 0 aliphatic carbocycles. The second kappa shape index (κ2) is 8.41.